The first-order valence-corrected chi connectivity index (χ1v) is 5.15. The molecule has 7 heteroatoms. The van der Waals surface area contributed by atoms with E-state index in [2.05, 4.69) is 10.3 Å². The first-order valence-electron chi connectivity index (χ1n) is 5.15. The number of nitrogen functional groups attached to an aromatic ring is 1. The maximum Gasteiger partial charge on any atom is 0.258 e. The second kappa shape index (κ2) is 4.97. The summed E-state index contributed by atoms with van der Waals surface area (Å²) in [6.45, 7) is 0. The molecule has 4 nitrogen and oxygen atoms in total. The lowest BCUT2D eigenvalue weighted by Crippen LogP contribution is -2.15. The van der Waals surface area contributed by atoms with Crippen molar-refractivity contribution in [2.24, 2.45) is 0 Å². The largest absolute Gasteiger partial charge is 0.396 e. The van der Waals surface area contributed by atoms with Gasteiger partial charge in [0.1, 0.15) is 11.6 Å². The van der Waals surface area contributed by atoms with E-state index in [1.165, 1.54) is 6.07 Å². The van der Waals surface area contributed by atoms with Gasteiger partial charge in [0, 0.05) is 6.07 Å². The zero-order valence-electron chi connectivity index (χ0n) is 9.45. The summed E-state index contributed by atoms with van der Waals surface area (Å²) in [5, 5.41) is 2.29. The lowest BCUT2D eigenvalue weighted by atomic mass is 10.1. The van der Waals surface area contributed by atoms with Gasteiger partial charge < -0.3 is 11.1 Å². The Labute approximate surface area is 106 Å². The third-order valence-electron chi connectivity index (χ3n) is 2.32. The molecule has 0 aliphatic carbocycles. The van der Waals surface area contributed by atoms with Gasteiger partial charge in [0.25, 0.3) is 5.91 Å². The Bertz CT molecular complexity index is 629. The van der Waals surface area contributed by atoms with E-state index in [-0.39, 0.29) is 11.4 Å². The molecule has 0 aliphatic heterocycles. The van der Waals surface area contributed by atoms with Gasteiger partial charge in [-0.25, -0.2) is 13.8 Å². The molecule has 1 heterocycles. The molecular weight excluding hydrogens is 259 g/mol. The van der Waals surface area contributed by atoms with E-state index in [1.54, 1.807) is 0 Å². The standard InChI is InChI=1S/C12H8F3N3O/c13-8-4-9(14)10(16)3-7(8)12(19)18-6-1-2-11(15)17-5-6/h1-5H,16H2,(H,18,19). The molecule has 0 unspecified atom stereocenters. The molecule has 1 amide bonds. The fraction of sp³-hybridized carbons (Fsp3) is 0. The lowest BCUT2D eigenvalue weighted by Gasteiger charge is -2.07. The van der Waals surface area contributed by atoms with E-state index < -0.39 is 29.1 Å². The van der Waals surface area contributed by atoms with Crippen LogP contribution in [-0.4, -0.2) is 10.9 Å². The van der Waals surface area contributed by atoms with Crippen molar-refractivity contribution in [1.29, 1.82) is 0 Å². The molecule has 0 saturated heterocycles. The zero-order chi connectivity index (χ0) is 14.0. The molecule has 2 rings (SSSR count). The quantitative estimate of drug-likeness (QED) is 0.648. The maximum absolute atomic E-state index is 13.4. The lowest BCUT2D eigenvalue weighted by molar-refractivity contribution is 0.102. The summed E-state index contributed by atoms with van der Waals surface area (Å²) in [6.07, 6.45) is 1.07. The normalized spacial score (nSPS) is 10.3. The highest BCUT2D eigenvalue weighted by Gasteiger charge is 2.15. The smallest absolute Gasteiger partial charge is 0.258 e. The van der Waals surface area contributed by atoms with Gasteiger partial charge in [0.05, 0.1) is 23.1 Å². The summed E-state index contributed by atoms with van der Waals surface area (Å²) in [6, 6.07) is 3.69. The number of hydrogen-bond donors (Lipinski definition) is 2. The highest BCUT2D eigenvalue weighted by atomic mass is 19.1. The van der Waals surface area contributed by atoms with E-state index in [0.717, 1.165) is 18.3 Å². The van der Waals surface area contributed by atoms with Gasteiger partial charge in [-0.05, 0) is 18.2 Å². The van der Waals surface area contributed by atoms with Crippen molar-refractivity contribution in [1.82, 2.24) is 4.98 Å². The minimum absolute atomic E-state index is 0.175. The Morgan fingerprint density at radius 3 is 2.53 bits per heavy atom. The van der Waals surface area contributed by atoms with Crippen molar-refractivity contribution in [3.8, 4) is 0 Å². The van der Waals surface area contributed by atoms with Crippen LogP contribution in [0.3, 0.4) is 0 Å². The number of carbonyl (C=O) groups excluding carboxylic acids is 1. The number of nitrogens with zero attached hydrogens (tertiary/aromatic N) is 1. The van der Waals surface area contributed by atoms with E-state index in [4.69, 9.17) is 5.73 Å². The molecule has 0 fully saturated rings. The Morgan fingerprint density at radius 2 is 1.89 bits per heavy atom. The van der Waals surface area contributed by atoms with Gasteiger partial charge >= 0.3 is 0 Å². The van der Waals surface area contributed by atoms with Gasteiger partial charge in [-0.2, -0.15) is 4.39 Å². The number of halogens is 3. The first-order chi connectivity index (χ1) is 8.97. The third kappa shape index (κ3) is 2.82. The van der Waals surface area contributed by atoms with Crippen LogP contribution in [-0.2, 0) is 0 Å². The molecule has 0 saturated carbocycles. The molecular formula is C12H8F3N3O. The number of anilines is 2. The second-order valence-electron chi connectivity index (χ2n) is 3.68. The number of benzene rings is 1. The van der Waals surface area contributed by atoms with Gasteiger partial charge in [-0.15, -0.1) is 0 Å². The van der Waals surface area contributed by atoms with Crippen LogP contribution < -0.4 is 11.1 Å². The van der Waals surface area contributed by atoms with Crippen LogP contribution in [0, 0.1) is 17.6 Å². The van der Waals surface area contributed by atoms with Gasteiger partial charge in [0.2, 0.25) is 5.95 Å². The molecule has 98 valence electrons. The van der Waals surface area contributed by atoms with E-state index >= 15 is 0 Å². The number of nitrogens with two attached hydrogens (primary N) is 1. The fourth-order valence-electron chi connectivity index (χ4n) is 1.39. The fourth-order valence-corrected chi connectivity index (χ4v) is 1.39. The Hall–Kier alpha value is -2.57. The summed E-state index contributed by atoms with van der Waals surface area (Å²) in [5.74, 6) is -3.54. The molecule has 0 bridgehead atoms. The predicted octanol–water partition coefficient (Wildman–Crippen LogP) is 2.33. The average Bonchev–Trinajstić information content (AvgIpc) is 2.36. The van der Waals surface area contributed by atoms with Crippen molar-refractivity contribution >= 4 is 17.3 Å². The highest BCUT2D eigenvalue weighted by molar-refractivity contribution is 6.04. The number of amides is 1. The van der Waals surface area contributed by atoms with Crippen molar-refractivity contribution in [3.05, 3.63) is 53.6 Å². The predicted molar refractivity (Wildman–Crippen MR) is 62.9 cm³/mol. The summed E-state index contributed by atoms with van der Waals surface area (Å²) in [4.78, 5) is 15.1. The van der Waals surface area contributed by atoms with Crippen molar-refractivity contribution in [2.45, 2.75) is 0 Å². The molecule has 0 spiro atoms. The molecule has 0 radical (unpaired) electrons. The number of carbonyl (C=O) groups is 1. The molecule has 2 aromatic rings. The SMILES string of the molecule is Nc1cc(C(=O)Nc2ccc(F)nc2)c(F)cc1F. The topological polar surface area (TPSA) is 68.0 Å². The Balaban J connectivity index is 2.25. The van der Waals surface area contributed by atoms with Gasteiger partial charge in [-0.1, -0.05) is 0 Å². The van der Waals surface area contributed by atoms with Crippen LogP contribution in [0.1, 0.15) is 10.4 Å². The second-order valence-corrected chi connectivity index (χ2v) is 3.68. The summed E-state index contributed by atoms with van der Waals surface area (Å²) in [5.41, 5.74) is 4.67. The Morgan fingerprint density at radius 1 is 1.16 bits per heavy atom. The molecule has 3 N–H and O–H groups in total. The summed E-state index contributed by atoms with van der Waals surface area (Å²) < 4.78 is 38.9. The number of rotatable bonds is 2. The van der Waals surface area contributed by atoms with Crippen LogP contribution in [0.4, 0.5) is 24.5 Å². The zero-order valence-corrected chi connectivity index (χ0v) is 9.45. The van der Waals surface area contributed by atoms with Crippen LogP contribution in [0.25, 0.3) is 0 Å². The molecule has 19 heavy (non-hydrogen) atoms. The number of nitrogens with one attached hydrogen (secondary N) is 1. The van der Waals surface area contributed by atoms with Crippen LogP contribution in [0.2, 0.25) is 0 Å². The monoisotopic (exact) mass is 267 g/mol. The van der Waals surface area contributed by atoms with Gasteiger partial charge in [-0.3, -0.25) is 4.79 Å². The van der Waals surface area contributed by atoms with Crippen LogP contribution >= 0.6 is 0 Å². The van der Waals surface area contributed by atoms with Crippen LogP contribution in [0.15, 0.2) is 30.5 Å². The van der Waals surface area contributed by atoms with E-state index in [0.29, 0.717) is 6.07 Å². The number of aromatic nitrogens is 1. The van der Waals surface area contributed by atoms with Crippen molar-refractivity contribution < 1.29 is 18.0 Å². The third-order valence-corrected chi connectivity index (χ3v) is 2.32. The highest BCUT2D eigenvalue weighted by Crippen LogP contribution is 2.18. The summed E-state index contributed by atoms with van der Waals surface area (Å²) in [7, 11) is 0. The van der Waals surface area contributed by atoms with E-state index in [9.17, 15) is 18.0 Å². The Kier molecular flexibility index (Phi) is 3.37. The maximum atomic E-state index is 13.4. The van der Waals surface area contributed by atoms with Gasteiger partial charge in [0.15, 0.2) is 0 Å². The molecule has 1 aromatic heterocycles. The number of pyridine rings is 1. The molecule has 0 aliphatic rings. The molecule has 1 aromatic carbocycles. The number of hydrogen-bond acceptors (Lipinski definition) is 3. The molecule has 0 atom stereocenters. The van der Waals surface area contributed by atoms with Crippen molar-refractivity contribution in [2.75, 3.05) is 11.1 Å². The average molecular weight is 267 g/mol. The van der Waals surface area contributed by atoms with Crippen LogP contribution in [0.5, 0.6) is 0 Å². The first kappa shape index (κ1) is 12.9. The minimum Gasteiger partial charge on any atom is -0.396 e. The minimum atomic E-state index is -1.04. The summed E-state index contributed by atoms with van der Waals surface area (Å²) >= 11 is 0. The van der Waals surface area contributed by atoms with Crippen molar-refractivity contribution in [3.63, 3.8) is 0 Å². The van der Waals surface area contributed by atoms with E-state index in [1.807, 2.05) is 0 Å².